The van der Waals surface area contributed by atoms with Gasteiger partial charge in [0.1, 0.15) is 5.75 Å². The van der Waals surface area contributed by atoms with E-state index in [9.17, 15) is 4.79 Å². The van der Waals surface area contributed by atoms with E-state index in [1.807, 2.05) is 30.3 Å². The van der Waals surface area contributed by atoms with Crippen LogP contribution in [0.15, 0.2) is 30.3 Å². The van der Waals surface area contributed by atoms with E-state index in [2.05, 4.69) is 9.80 Å². The number of carbonyl (C=O) groups excluding carboxylic acids is 1. The second kappa shape index (κ2) is 9.27. The number of para-hydroxylation sites is 1. The molecule has 1 aromatic rings. The van der Waals surface area contributed by atoms with E-state index < -0.39 is 0 Å². The molecule has 1 spiro atoms. The van der Waals surface area contributed by atoms with Crippen molar-refractivity contribution in [3.8, 4) is 5.75 Å². The van der Waals surface area contributed by atoms with Gasteiger partial charge in [-0.05, 0) is 69.2 Å². The Morgan fingerprint density at radius 2 is 1.96 bits per heavy atom. The molecule has 28 heavy (non-hydrogen) atoms. The minimum Gasteiger partial charge on any atom is -0.494 e. The molecule has 5 heteroatoms. The molecule has 1 aromatic carbocycles. The molecular formula is C23H34N2O3. The summed E-state index contributed by atoms with van der Waals surface area (Å²) in [5.74, 6) is 1.29. The number of nitrogens with zero attached hydrogens (tertiary/aromatic N) is 2. The van der Waals surface area contributed by atoms with Crippen LogP contribution in [-0.2, 0) is 9.53 Å². The lowest BCUT2D eigenvalue weighted by atomic mass is 9.72. The van der Waals surface area contributed by atoms with Crippen molar-refractivity contribution in [2.45, 2.75) is 51.0 Å². The largest absolute Gasteiger partial charge is 0.494 e. The molecular weight excluding hydrogens is 352 g/mol. The van der Waals surface area contributed by atoms with Crippen LogP contribution in [0.2, 0.25) is 0 Å². The molecule has 3 aliphatic heterocycles. The quantitative estimate of drug-likeness (QED) is 0.674. The van der Waals surface area contributed by atoms with Crippen LogP contribution < -0.4 is 4.74 Å². The Labute approximate surface area is 169 Å². The maximum Gasteiger partial charge on any atom is 0.222 e. The highest BCUT2D eigenvalue weighted by Crippen LogP contribution is 2.40. The molecule has 3 fully saturated rings. The number of hydrogen-bond donors (Lipinski definition) is 0. The molecule has 1 amide bonds. The van der Waals surface area contributed by atoms with E-state index in [1.54, 1.807) is 0 Å². The Morgan fingerprint density at radius 1 is 1.14 bits per heavy atom. The Hall–Kier alpha value is -1.59. The molecule has 3 saturated heterocycles. The number of hydrogen-bond acceptors (Lipinski definition) is 4. The Morgan fingerprint density at radius 3 is 2.71 bits per heavy atom. The maximum atomic E-state index is 12.4. The van der Waals surface area contributed by atoms with Crippen LogP contribution in [0.5, 0.6) is 5.75 Å². The highest BCUT2D eigenvalue weighted by atomic mass is 16.5. The normalized spacial score (nSPS) is 25.4. The van der Waals surface area contributed by atoms with Gasteiger partial charge in [-0.25, -0.2) is 0 Å². The lowest BCUT2D eigenvalue weighted by Crippen LogP contribution is -2.53. The number of benzene rings is 1. The van der Waals surface area contributed by atoms with Crippen LogP contribution in [0.3, 0.4) is 0 Å². The number of amides is 1. The van der Waals surface area contributed by atoms with Crippen LogP contribution in [0.25, 0.3) is 0 Å². The van der Waals surface area contributed by atoms with Gasteiger partial charge in [-0.3, -0.25) is 4.79 Å². The van der Waals surface area contributed by atoms with Gasteiger partial charge >= 0.3 is 0 Å². The van der Waals surface area contributed by atoms with Crippen molar-refractivity contribution in [3.63, 3.8) is 0 Å². The smallest absolute Gasteiger partial charge is 0.222 e. The fourth-order valence-electron chi connectivity index (χ4n) is 4.96. The zero-order chi connectivity index (χ0) is 19.2. The molecule has 0 bridgehead atoms. The number of ether oxygens (including phenoxy) is 2. The van der Waals surface area contributed by atoms with Crippen molar-refractivity contribution >= 4 is 5.91 Å². The fourth-order valence-corrected chi connectivity index (χ4v) is 4.96. The molecule has 5 nitrogen and oxygen atoms in total. The van der Waals surface area contributed by atoms with Crippen molar-refractivity contribution in [2.24, 2.45) is 5.41 Å². The summed E-state index contributed by atoms with van der Waals surface area (Å²) in [5, 5.41) is 0. The molecule has 0 aliphatic carbocycles. The van der Waals surface area contributed by atoms with Crippen LogP contribution in [-0.4, -0.2) is 67.7 Å². The lowest BCUT2D eigenvalue weighted by Gasteiger charge is -2.48. The zero-order valence-corrected chi connectivity index (χ0v) is 17.0. The standard InChI is InChI=1S/C23H34N2O3/c26-22-9-10-23(19-25(22)18-21-8-4-16-28-21)11-14-24(15-12-23)13-5-17-27-20-6-2-1-3-7-20/h1-3,6-7,21H,4-5,8-19H2/t21-/m0/s1. The van der Waals surface area contributed by atoms with Gasteiger partial charge < -0.3 is 19.3 Å². The molecule has 0 N–H and O–H groups in total. The molecule has 0 unspecified atom stereocenters. The third-order valence-electron chi connectivity index (χ3n) is 6.74. The van der Waals surface area contributed by atoms with Crippen LogP contribution in [0.4, 0.5) is 0 Å². The predicted molar refractivity (Wildman–Crippen MR) is 109 cm³/mol. The van der Waals surface area contributed by atoms with Crippen molar-refractivity contribution in [1.29, 1.82) is 0 Å². The fraction of sp³-hybridized carbons (Fsp3) is 0.696. The summed E-state index contributed by atoms with van der Waals surface area (Å²) < 4.78 is 11.6. The van der Waals surface area contributed by atoms with Crippen molar-refractivity contribution in [1.82, 2.24) is 9.80 Å². The van der Waals surface area contributed by atoms with Gasteiger partial charge in [0.15, 0.2) is 0 Å². The number of carbonyl (C=O) groups is 1. The molecule has 0 saturated carbocycles. The lowest BCUT2D eigenvalue weighted by molar-refractivity contribution is -0.141. The molecule has 0 radical (unpaired) electrons. The van der Waals surface area contributed by atoms with E-state index in [0.717, 1.165) is 83.8 Å². The van der Waals surface area contributed by atoms with Gasteiger partial charge in [-0.1, -0.05) is 18.2 Å². The third-order valence-corrected chi connectivity index (χ3v) is 6.74. The Bertz CT molecular complexity index is 622. The Balaban J connectivity index is 1.19. The molecule has 3 aliphatic rings. The van der Waals surface area contributed by atoms with Crippen LogP contribution in [0.1, 0.15) is 44.9 Å². The number of piperidine rings is 2. The number of rotatable bonds is 7. The first kappa shape index (κ1) is 19.7. The topological polar surface area (TPSA) is 42.0 Å². The van der Waals surface area contributed by atoms with Gasteiger partial charge in [-0.2, -0.15) is 0 Å². The summed E-state index contributed by atoms with van der Waals surface area (Å²) in [6.07, 6.45) is 7.78. The van der Waals surface area contributed by atoms with Gasteiger partial charge in [0.25, 0.3) is 0 Å². The number of likely N-dealkylation sites (tertiary alicyclic amines) is 2. The first-order valence-corrected chi connectivity index (χ1v) is 11.0. The van der Waals surface area contributed by atoms with E-state index in [0.29, 0.717) is 11.3 Å². The third kappa shape index (κ3) is 5.06. The molecule has 4 rings (SSSR count). The van der Waals surface area contributed by atoms with Gasteiger partial charge in [-0.15, -0.1) is 0 Å². The molecule has 154 valence electrons. The van der Waals surface area contributed by atoms with Crippen molar-refractivity contribution in [2.75, 3.05) is 45.9 Å². The molecule has 1 atom stereocenters. The maximum absolute atomic E-state index is 12.4. The van der Waals surface area contributed by atoms with Crippen LogP contribution in [0, 0.1) is 5.41 Å². The Kier molecular flexibility index (Phi) is 6.53. The van der Waals surface area contributed by atoms with E-state index in [1.165, 1.54) is 12.8 Å². The average molecular weight is 387 g/mol. The predicted octanol–water partition coefficient (Wildman–Crippen LogP) is 3.34. The molecule has 0 aromatic heterocycles. The molecule has 3 heterocycles. The first-order chi connectivity index (χ1) is 13.7. The minimum absolute atomic E-state index is 0.267. The van der Waals surface area contributed by atoms with Gasteiger partial charge in [0.05, 0.1) is 12.7 Å². The SMILES string of the molecule is O=C1CCC2(CCN(CCCOc3ccccc3)CC2)CN1C[C@@H]1CCCO1. The van der Waals surface area contributed by atoms with E-state index in [-0.39, 0.29) is 6.10 Å². The second-order valence-corrected chi connectivity index (χ2v) is 8.77. The summed E-state index contributed by atoms with van der Waals surface area (Å²) in [6, 6.07) is 10.1. The first-order valence-electron chi connectivity index (χ1n) is 11.0. The van der Waals surface area contributed by atoms with E-state index in [4.69, 9.17) is 9.47 Å². The van der Waals surface area contributed by atoms with E-state index >= 15 is 0 Å². The van der Waals surface area contributed by atoms with Crippen LogP contribution >= 0.6 is 0 Å². The van der Waals surface area contributed by atoms with Crippen molar-refractivity contribution in [3.05, 3.63) is 30.3 Å². The summed E-state index contributed by atoms with van der Waals surface area (Å²) in [7, 11) is 0. The van der Waals surface area contributed by atoms with Crippen molar-refractivity contribution < 1.29 is 14.3 Å². The zero-order valence-electron chi connectivity index (χ0n) is 17.0. The van der Waals surface area contributed by atoms with Gasteiger partial charge in [0.2, 0.25) is 5.91 Å². The highest BCUT2D eigenvalue weighted by Gasteiger charge is 2.41. The summed E-state index contributed by atoms with van der Waals surface area (Å²) in [5.41, 5.74) is 0.337. The highest BCUT2D eigenvalue weighted by molar-refractivity contribution is 5.77. The summed E-state index contributed by atoms with van der Waals surface area (Å²) in [6.45, 7) is 6.77. The second-order valence-electron chi connectivity index (χ2n) is 8.77. The monoisotopic (exact) mass is 386 g/mol. The minimum atomic E-state index is 0.267. The van der Waals surface area contributed by atoms with Gasteiger partial charge in [0, 0.05) is 32.7 Å². The summed E-state index contributed by atoms with van der Waals surface area (Å²) >= 11 is 0. The summed E-state index contributed by atoms with van der Waals surface area (Å²) in [4.78, 5) is 17.1. The average Bonchev–Trinajstić information content (AvgIpc) is 3.24.